The summed E-state index contributed by atoms with van der Waals surface area (Å²) < 4.78 is 107. The summed E-state index contributed by atoms with van der Waals surface area (Å²) in [6, 6.07) is 11.3. The Morgan fingerprint density at radius 1 is 0.763 bits per heavy atom. The normalized spacial score (nSPS) is 12.6. The van der Waals surface area contributed by atoms with E-state index in [4.69, 9.17) is 9.47 Å². The van der Waals surface area contributed by atoms with E-state index in [1.54, 1.807) is 18.2 Å². The van der Waals surface area contributed by atoms with Gasteiger partial charge in [-0.05, 0) is 38.1 Å². The molecule has 3 aromatic rings. The average Bonchev–Trinajstić information content (AvgIpc) is 2.87. The Balaban J connectivity index is 2.31. The Bertz CT molecular complexity index is 1330. The third kappa shape index (κ3) is 5.93. The van der Waals surface area contributed by atoms with Crippen LogP contribution in [-0.4, -0.2) is 24.5 Å². The van der Waals surface area contributed by atoms with Gasteiger partial charge in [0.1, 0.15) is 16.8 Å². The molecule has 0 aliphatic heterocycles. The number of hydrogen-bond donors (Lipinski definition) is 0. The predicted octanol–water partition coefficient (Wildman–Crippen LogP) is 6.78. The molecule has 0 aliphatic rings. The lowest BCUT2D eigenvalue weighted by Crippen LogP contribution is -2.22. The van der Waals surface area contributed by atoms with Gasteiger partial charge in [-0.2, -0.15) is 26.3 Å². The minimum Gasteiger partial charge on any atom is -0.493 e. The van der Waals surface area contributed by atoms with Crippen LogP contribution in [0.2, 0.25) is 0 Å². The summed E-state index contributed by atoms with van der Waals surface area (Å²) in [6.45, 7) is 2.83. The van der Waals surface area contributed by atoms with E-state index in [0.717, 1.165) is 0 Å². The van der Waals surface area contributed by atoms with Crippen LogP contribution in [0, 0.1) is 0 Å². The van der Waals surface area contributed by atoms with Gasteiger partial charge in [0.05, 0.1) is 29.9 Å². The van der Waals surface area contributed by atoms with Crippen molar-refractivity contribution in [2.45, 2.75) is 26.2 Å². The summed E-state index contributed by atoms with van der Waals surface area (Å²) in [5.74, 6) is -1.31. The lowest BCUT2D eigenvalue weighted by Gasteiger charge is -2.20. The summed E-state index contributed by atoms with van der Waals surface area (Å²) in [5, 5.41) is -0.574. The fourth-order valence-corrected chi connectivity index (χ4v) is 5.29. The molecule has 0 bridgehead atoms. The predicted molar refractivity (Wildman–Crippen MR) is 128 cm³/mol. The highest BCUT2D eigenvalue weighted by molar-refractivity contribution is 7.72. The van der Waals surface area contributed by atoms with Crippen molar-refractivity contribution < 1.29 is 50.0 Å². The topological polar surface area (TPSA) is 69.7 Å². The zero-order valence-electron chi connectivity index (χ0n) is 20.0. The number of hydrogen-bond acceptors (Lipinski definition) is 5. The number of alkyl halides is 6. The lowest BCUT2D eigenvalue weighted by atomic mass is 10.0. The SMILES string of the molecule is CCOc1ccc(C(=O)c2ccccc2)c(OCC)c1[PH](=O)C(=O)c1c(C(F)(F)F)cccc1C(F)(F)F. The Morgan fingerprint density at radius 3 is 1.82 bits per heavy atom. The number of rotatable bonds is 9. The number of ether oxygens (including phenoxy) is 2. The molecule has 0 aromatic heterocycles. The van der Waals surface area contributed by atoms with Gasteiger partial charge in [-0.1, -0.05) is 36.4 Å². The molecule has 1 atom stereocenters. The first-order valence-corrected chi connectivity index (χ1v) is 12.6. The number of carbonyl (C=O) groups excluding carboxylic acids is 2. The molecule has 0 spiro atoms. The quantitative estimate of drug-likeness (QED) is 0.165. The molecule has 0 amide bonds. The van der Waals surface area contributed by atoms with Gasteiger partial charge in [-0.25, -0.2) is 0 Å². The third-order valence-electron chi connectivity index (χ3n) is 5.32. The highest BCUT2D eigenvalue weighted by atomic mass is 31.1. The van der Waals surface area contributed by atoms with Crippen molar-refractivity contribution >= 4 is 24.4 Å². The molecule has 1 unspecified atom stereocenters. The Kier molecular flexibility index (Phi) is 8.72. The van der Waals surface area contributed by atoms with Gasteiger partial charge >= 0.3 is 12.4 Å². The van der Waals surface area contributed by atoms with Crippen molar-refractivity contribution in [3.05, 3.63) is 88.5 Å². The van der Waals surface area contributed by atoms with E-state index in [2.05, 4.69) is 0 Å². The smallest absolute Gasteiger partial charge is 0.417 e. The second kappa shape index (κ2) is 11.4. The minimum atomic E-state index is -5.36. The molecule has 0 saturated heterocycles. The van der Waals surface area contributed by atoms with E-state index >= 15 is 0 Å². The molecule has 5 nitrogen and oxygen atoms in total. The molecule has 0 aliphatic carbocycles. The highest BCUT2D eigenvalue weighted by Gasteiger charge is 2.44. The summed E-state index contributed by atoms with van der Waals surface area (Å²) >= 11 is 0. The zero-order valence-corrected chi connectivity index (χ0v) is 21.0. The van der Waals surface area contributed by atoms with Gasteiger partial charge in [-0.15, -0.1) is 0 Å². The first-order valence-electron chi connectivity index (χ1n) is 11.2. The summed E-state index contributed by atoms with van der Waals surface area (Å²) in [5.41, 5.74) is -7.46. The maximum atomic E-state index is 13.7. The average molecular weight is 558 g/mol. The molecule has 3 aromatic carbocycles. The van der Waals surface area contributed by atoms with E-state index in [0.29, 0.717) is 18.2 Å². The van der Waals surface area contributed by atoms with Gasteiger partial charge in [0.25, 0.3) is 0 Å². The number of ketones is 1. The zero-order chi connectivity index (χ0) is 28.3. The van der Waals surface area contributed by atoms with Crippen LogP contribution >= 0.6 is 7.80 Å². The summed E-state index contributed by atoms with van der Waals surface area (Å²) in [6.07, 6.45) is -10.7. The number of carbonyl (C=O) groups is 2. The van der Waals surface area contributed by atoms with Crippen molar-refractivity contribution in [2.75, 3.05) is 13.2 Å². The van der Waals surface area contributed by atoms with Crippen molar-refractivity contribution in [3.63, 3.8) is 0 Å². The molecular weight excluding hydrogens is 537 g/mol. The van der Waals surface area contributed by atoms with Crippen molar-refractivity contribution in [2.24, 2.45) is 0 Å². The maximum absolute atomic E-state index is 13.7. The van der Waals surface area contributed by atoms with Crippen LogP contribution in [0.1, 0.15) is 51.3 Å². The Morgan fingerprint density at radius 2 is 1.32 bits per heavy atom. The molecule has 0 radical (unpaired) electrons. The van der Waals surface area contributed by atoms with Crippen molar-refractivity contribution in [1.29, 1.82) is 0 Å². The molecule has 0 heterocycles. The largest absolute Gasteiger partial charge is 0.493 e. The Labute approximate surface area is 214 Å². The van der Waals surface area contributed by atoms with E-state index in [9.17, 15) is 40.5 Å². The van der Waals surface area contributed by atoms with E-state index in [1.807, 2.05) is 0 Å². The van der Waals surface area contributed by atoms with Crippen LogP contribution in [0.4, 0.5) is 26.3 Å². The standard InChI is InChI=1S/C26H21F6O5P/c1-3-36-19-14-13-16(21(33)15-9-6-5-7-10-15)22(37-4-2)23(19)38(35)24(34)20-17(25(27,28)29)11-8-12-18(20)26(30,31)32/h5-14,38H,3-4H2,1-2H3. The van der Waals surface area contributed by atoms with Gasteiger partial charge in [-0.3, -0.25) is 9.59 Å². The fraction of sp³-hybridized carbons (Fsp3) is 0.231. The van der Waals surface area contributed by atoms with Crippen LogP contribution < -0.4 is 14.8 Å². The molecular formula is C26H21F6O5P. The second-order valence-electron chi connectivity index (χ2n) is 7.76. The van der Waals surface area contributed by atoms with E-state index in [1.165, 1.54) is 38.1 Å². The van der Waals surface area contributed by atoms with Gasteiger partial charge in [0.15, 0.2) is 13.6 Å². The first-order chi connectivity index (χ1) is 17.8. The van der Waals surface area contributed by atoms with Crippen LogP contribution in [0.25, 0.3) is 0 Å². The Hall–Kier alpha value is -3.59. The van der Waals surface area contributed by atoms with Crippen molar-refractivity contribution in [1.82, 2.24) is 0 Å². The van der Waals surface area contributed by atoms with E-state index in [-0.39, 0.29) is 30.1 Å². The monoisotopic (exact) mass is 558 g/mol. The maximum Gasteiger partial charge on any atom is 0.417 e. The highest BCUT2D eigenvalue weighted by Crippen LogP contribution is 2.45. The summed E-state index contributed by atoms with van der Waals surface area (Å²) in [4.78, 5) is 26.5. The third-order valence-corrected chi connectivity index (χ3v) is 6.91. The van der Waals surface area contributed by atoms with Gasteiger partial charge in [0, 0.05) is 11.1 Å². The molecule has 0 N–H and O–H groups in total. The molecule has 12 heteroatoms. The van der Waals surface area contributed by atoms with Crippen LogP contribution in [0.15, 0.2) is 60.7 Å². The van der Waals surface area contributed by atoms with Gasteiger partial charge < -0.3 is 14.0 Å². The summed E-state index contributed by atoms with van der Waals surface area (Å²) in [7, 11) is -4.19. The van der Waals surface area contributed by atoms with Crippen molar-refractivity contribution in [3.8, 4) is 11.5 Å². The molecule has 3 rings (SSSR count). The van der Waals surface area contributed by atoms with Gasteiger partial charge in [0.2, 0.25) is 5.52 Å². The molecule has 0 saturated carbocycles. The molecule has 38 heavy (non-hydrogen) atoms. The van der Waals surface area contributed by atoms with E-state index < -0.39 is 59.2 Å². The lowest BCUT2D eigenvalue weighted by molar-refractivity contribution is -0.143. The molecule has 202 valence electrons. The molecule has 0 fully saturated rings. The van der Waals surface area contributed by atoms with Crippen LogP contribution in [0.3, 0.4) is 0 Å². The number of benzene rings is 3. The van der Waals surface area contributed by atoms with Crippen LogP contribution in [-0.2, 0) is 16.9 Å². The second-order valence-corrected chi connectivity index (χ2v) is 9.37. The minimum absolute atomic E-state index is 0.0547. The first kappa shape index (κ1) is 29.0. The fourth-order valence-electron chi connectivity index (χ4n) is 3.77. The van der Waals surface area contributed by atoms with Crippen LogP contribution in [0.5, 0.6) is 11.5 Å². The number of halogens is 6.